The molecule has 0 aliphatic carbocycles. The van der Waals surface area contributed by atoms with Crippen molar-refractivity contribution in [1.82, 2.24) is 9.80 Å². The second kappa shape index (κ2) is 7.93. The van der Waals surface area contributed by atoms with Gasteiger partial charge in [0.2, 0.25) is 5.91 Å². The van der Waals surface area contributed by atoms with Gasteiger partial charge in [0, 0.05) is 19.1 Å². The first-order valence-corrected chi connectivity index (χ1v) is 9.06. The van der Waals surface area contributed by atoms with Crippen LogP contribution in [0.5, 0.6) is 0 Å². The summed E-state index contributed by atoms with van der Waals surface area (Å²) in [5, 5.41) is 0. The molecule has 2 heterocycles. The largest absolute Gasteiger partial charge is 0.341 e. The number of likely N-dealkylation sites (tertiary alicyclic amines) is 2. The van der Waals surface area contributed by atoms with Crippen LogP contribution in [0.2, 0.25) is 0 Å². The average molecular weight is 315 g/mol. The Morgan fingerprint density at radius 3 is 2.35 bits per heavy atom. The zero-order chi connectivity index (χ0) is 16.1. The van der Waals surface area contributed by atoms with E-state index in [0.29, 0.717) is 12.5 Å². The van der Waals surface area contributed by atoms with Crippen molar-refractivity contribution >= 4 is 5.91 Å². The second-order valence-electron chi connectivity index (χ2n) is 6.95. The van der Waals surface area contributed by atoms with E-state index in [2.05, 4.69) is 4.90 Å². The van der Waals surface area contributed by atoms with E-state index in [4.69, 9.17) is 5.73 Å². The Kier molecular flexibility index (Phi) is 5.68. The molecule has 4 nitrogen and oxygen atoms in total. The summed E-state index contributed by atoms with van der Waals surface area (Å²) in [6, 6.07) is 10.3. The van der Waals surface area contributed by atoms with Gasteiger partial charge in [-0.3, -0.25) is 4.79 Å². The van der Waals surface area contributed by atoms with Gasteiger partial charge >= 0.3 is 0 Å². The molecule has 23 heavy (non-hydrogen) atoms. The lowest BCUT2D eigenvalue weighted by Gasteiger charge is -2.40. The smallest absolute Gasteiger partial charge is 0.239 e. The third-order valence-corrected chi connectivity index (χ3v) is 5.30. The van der Waals surface area contributed by atoms with Crippen LogP contribution < -0.4 is 5.73 Å². The van der Waals surface area contributed by atoms with Crippen LogP contribution in [-0.4, -0.2) is 54.0 Å². The molecule has 2 aliphatic rings. The predicted molar refractivity (Wildman–Crippen MR) is 93.1 cm³/mol. The quantitative estimate of drug-likeness (QED) is 0.925. The van der Waals surface area contributed by atoms with Gasteiger partial charge in [0.05, 0.1) is 6.04 Å². The highest BCUT2D eigenvalue weighted by atomic mass is 16.2. The molecule has 0 aromatic heterocycles. The van der Waals surface area contributed by atoms with E-state index in [-0.39, 0.29) is 5.91 Å². The van der Waals surface area contributed by atoms with E-state index in [1.807, 2.05) is 35.2 Å². The molecule has 0 bridgehead atoms. The molecule has 1 amide bonds. The van der Waals surface area contributed by atoms with Gasteiger partial charge in [-0.2, -0.15) is 0 Å². The SMILES string of the molecule is N[C@@H](Cc1ccccc1)C(=O)N1CCC(N2CCCCC2)CC1. The molecular weight excluding hydrogens is 286 g/mol. The van der Waals surface area contributed by atoms with Gasteiger partial charge in [-0.25, -0.2) is 0 Å². The van der Waals surface area contributed by atoms with Crippen LogP contribution in [0, 0.1) is 0 Å². The van der Waals surface area contributed by atoms with Crippen molar-refractivity contribution in [2.24, 2.45) is 5.73 Å². The molecule has 0 saturated carbocycles. The fourth-order valence-corrected chi connectivity index (χ4v) is 3.92. The zero-order valence-corrected chi connectivity index (χ0v) is 14.0. The molecule has 4 heteroatoms. The number of hydrogen-bond donors (Lipinski definition) is 1. The minimum Gasteiger partial charge on any atom is -0.341 e. The van der Waals surface area contributed by atoms with Gasteiger partial charge in [-0.05, 0) is 50.8 Å². The Morgan fingerprint density at radius 2 is 1.70 bits per heavy atom. The summed E-state index contributed by atoms with van der Waals surface area (Å²) in [5.41, 5.74) is 7.29. The Morgan fingerprint density at radius 1 is 1.04 bits per heavy atom. The maximum absolute atomic E-state index is 12.6. The minimum atomic E-state index is -0.413. The Labute approximate surface area is 139 Å². The maximum atomic E-state index is 12.6. The Balaban J connectivity index is 1.47. The summed E-state index contributed by atoms with van der Waals surface area (Å²) in [7, 11) is 0. The summed E-state index contributed by atoms with van der Waals surface area (Å²) < 4.78 is 0. The van der Waals surface area contributed by atoms with E-state index in [0.717, 1.165) is 31.5 Å². The second-order valence-corrected chi connectivity index (χ2v) is 6.95. The van der Waals surface area contributed by atoms with Crippen molar-refractivity contribution in [3.8, 4) is 0 Å². The fraction of sp³-hybridized carbons (Fsp3) is 0.632. The highest BCUT2D eigenvalue weighted by Gasteiger charge is 2.29. The molecule has 1 aromatic carbocycles. The first kappa shape index (κ1) is 16.5. The van der Waals surface area contributed by atoms with Crippen LogP contribution >= 0.6 is 0 Å². The molecule has 126 valence electrons. The first-order valence-electron chi connectivity index (χ1n) is 9.06. The van der Waals surface area contributed by atoms with Gasteiger partial charge in [-0.15, -0.1) is 0 Å². The highest BCUT2D eigenvalue weighted by Crippen LogP contribution is 2.21. The predicted octanol–water partition coefficient (Wildman–Crippen LogP) is 2.03. The van der Waals surface area contributed by atoms with Gasteiger partial charge in [0.1, 0.15) is 0 Å². The summed E-state index contributed by atoms with van der Waals surface area (Å²) in [6.45, 7) is 4.21. The monoisotopic (exact) mass is 315 g/mol. The molecule has 2 fully saturated rings. The first-order chi connectivity index (χ1) is 11.2. The molecule has 1 aromatic rings. The lowest BCUT2D eigenvalue weighted by atomic mass is 9.98. The summed E-state index contributed by atoms with van der Waals surface area (Å²) in [5.74, 6) is 0.117. The van der Waals surface area contributed by atoms with Crippen molar-refractivity contribution in [2.45, 2.75) is 50.6 Å². The molecule has 0 spiro atoms. The van der Waals surface area contributed by atoms with E-state index >= 15 is 0 Å². The van der Waals surface area contributed by atoms with Gasteiger partial charge in [-0.1, -0.05) is 36.8 Å². The maximum Gasteiger partial charge on any atom is 0.239 e. The number of nitrogens with zero attached hydrogens (tertiary/aromatic N) is 2. The number of piperidine rings is 2. The van der Waals surface area contributed by atoms with Crippen molar-refractivity contribution < 1.29 is 4.79 Å². The van der Waals surface area contributed by atoms with E-state index in [1.165, 1.54) is 32.4 Å². The van der Waals surface area contributed by atoms with Crippen LogP contribution in [0.15, 0.2) is 30.3 Å². The molecule has 3 rings (SSSR count). The standard InChI is InChI=1S/C19H29N3O/c20-18(15-16-7-3-1-4-8-16)19(23)22-13-9-17(10-14-22)21-11-5-2-6-12-21/h1,3-4,7-8,17-18H,2,5-6,9-15,20H2/t18-/m0/s1. The van der Waals surface area contributed by atoms with E-state index < -0.39 is 6.04 Å². The van der Waals surface area contributed by atoms with Gasteiger partial charge in [0.25, 0.3) is 0 Å². The summed E-state index contributed by atoms with van der Waals surface area (Å²) in [6.07, 6.45) is 6.88. The van der Waals surface area contributed by atoms with Crippen LogP contribution in [0.3, 0.4) is 0 Å². The van der Waals surface area contributed by atoms with Crippen molar-refractivity contribution in [3.05, 3.63) is 35.9 Å². The molecule has 0 radical (unpaired) electrons. The van der Waals surface area contributed by atoms with Crippen molar-refractivity contribution in [1.29, 1.82) is 0 Å². The van der Waals surface area contributed by atoms with E-state index in [9.17, 15) is 4.79 Å². The number of hydrogen-bond acceptors (Lipinski definition) is 3. The molecule has 2 aliphatic heterocycles. The molecule has 0 unspecified atom stereocenters. The number of nitrogens with two attached hydrogens (primary N) is 1. The van der Waals surface area contributed by atoms with Crippen LogP contribution in [0.1, 0.15) is 37.7 Å². The summed E-state index contributed by atoms with van der Waals surface area (Å²) in [4.78, 5) is 17.2. The van der Waals surface area contributed by atoms with Crippen LogP contribution in [0.25, 0.3) is 0 Å². The van der Waals surface area contributed by atoms with Gasteiger partial charge in [0.15, 0.2) is 0 Å². The average Bonchev–Trinajstić information content (AvgIpc) is 2.63. The number of benzene rings is 1. The zero-order valence-electron chi connectivity index (χ0n) is 14.0. The number of carbonyl (C=O) groups is 1. The minimum absolute atomic E-state index is 0.117. The van der Waals surface area contributed by atoms with E-state index in [1.54, 1.807) is 0 Å². The number of carbonyl (C=O) groups excluding carboxylic acids is 1. The lowest BCUT2D eigenvalue weighted by Crippen LogP contribution is -2.52. The van der Waals surface area contributed by atoms with Crippen LogP contribution in [-0.2, 0) is 11.2 Å². The number of amides is 1. The Hall–Kier alpha value is -1.39. The molecule has 1 atom stereocenters. The molecular formula is C19H29N3O. The van der Waals surface area contributed by atoms with Crippen molar-refractivity contribution in [2.75, 3.05) is 26.2 Å². The van der Waals surface area contributed by atoms with Crippen molar-refractivity contribution in [3.63, 3.8) is 0 Å². The Bertz CT molecular complexity index is 491. The van der Waals surface area contributed by atoms with Gasteiger partial charge < -0.3 is 15.5 Å². The highest BCUT2D eigenvalue weighted by molar-refractivity contribution is 5.82. The third kappa shape index (κ3) is 4.33. The number of rotatable bonds is 4. The molecule has 2 N–H and O–H groups in total. The van der Waals surface area contributed by atoms with Crippen LogP contribution in [0.4, 0.5) is 0 Å². The topological polar surface area (TPSA) is 49.6 Å². The fourth-order valence-electron chi connectivity index (χ4n) is 3.92. The lowest BCUT2D eigenvalue weighted by molar-refractivity contribution is -0.134. The normalized spacial score (nSPS) is 22.0. The summed E-state index contributed by atoms with van der Waals surface area (Å²) >= 11 is 0. The third-order valence-electron chi connectivity index (χ3n) is 5.30. The molecule has 2 saturated heterocycles.